The van der Waals surface area contributed by atoms with Crippen molar-refractivity contribution in [3.63, 3.8) is 0 Å². The second-order valence-corrected chi connectivity index (χ2v) is 7.01. The zero-order valence-electron chi connectivity index (χ0n) is 16.0. The molecular weight excluding hydrogens is 372 g/mol. The molecule has 1 saturated heterocycles. The number of carbonyl (C=O) groups excluding carboxylic acids is 2. The molecule has 2 aromatic heterocycles. The van der Waals surface area contributed by atoms with E-state index in [0.29, 0.717) is 37.1 Å². The summed E-state index contributed by atoms with van der Waals surface area (Å²) in [5, 5.41) is 11.2. The zero-order valence-corrected chi connectivity index (χ0v) is 16.0. The predicted molar refractivity (Wildman–Crippen MR) is 106 cm³/mol. The van der Waals surface area contributed by atoms with Crippen LogP contribution in [0, 0.1) is 0 Å². The molecule has 0 aliphatic carbocycles. The maximum absolute atomic E-state index is 12.7. The van der Waals surface area contributed by atoms with Crippen LogP contribution in [0.4, 0.5) is 0 Å². The molecule has 9 nitrogen and oxygen atoms in total. The Morgan fingerprint density at radius 2 is 2.00 bits per heavy atom. The fourth-order valence-electron chi connectivity index (χ4n) is 3.43. The van der Waals surface area contributed by atoms with Gasteiger partial charge in [0.15, 0.2) is 0 Å². The van der Waals surface area contributed by atoms with Gasteiger partial charge in [0.25, 0.3) is 5.56 Å². The molecule has 3 aromatic rings. The number of nitrogens with one attached hydrogen (secondary N) is 1. The molecule has 0 spiro atoms. The minimum atomic E-state index is -0.375. The first-order chi connectivity index (χ1) is 14.1. The summed E-state index contributed by atoms with van der Waals surface area (Å²) in [6.45, 7) is 1.72. The molecule has 1 N–H and O–H groups in total. The van der Waals surface area contributed by atoms with Gasteiger partial charge in [-0.15, -0.1) is 0 Å². The van der Waals surface area contributed by atoms with Crippen molar-refractivity contribution in [2.45, 2.75) is 25.8 Å². The van der Waals surface area contributed by atoms with Crippen molar-refractivity contribution < 1.29 is 9.59 Å². The van der Waals surface area contributed by atoms with Gasteiger partial charge in [0.1, 0.15) is 18.4 Å². The highest BCUT2D eigenvalue weighted by Gasteiger charge is 2.19. The topological polar surface area (TPSA) is 102 Å². The Hall–Kier alpha value is -3.49. The molecule has 0 saturated carbocycles. The molecule has 0 bridgehead atoms. The monoisotopic (exact) mass is 394 g/mol. The van der Waals surface area contributed by atoms with Crippen LogP contribution >= 0.6 is 0 Å². The first-order valence-corrected chi connectivity index (χ1v) is 9.67. The molecule has 1 fully saturated rings. The normalized spacial score (nSPS) is 13.9. The molecule has 1 aliphatic rings. The standard InChI is InChI=1S/C20H22N6O3/c27-18(21-9-5-11-24-10-4-8-19(24)28)13-25-20(29)17-12-16(23-26(17)14-22-25)15-6-2-1-3-7-15/h1-3,6-7,12,14H,4-5,8-11,13H2,(H,21,27). The van der Waals surface area contributed by atoms with E-state index in [2.05, 4.69) is 15.5 Å². The molecule has 2 amide bonds. The smallest absolute Gasteiger partial charge is 0.293 e. The van der Waals surface area contributed by atoms with E-state index < -0.39 is 0 Å². The third kappa shape index (κ3) is 4.18. The number of amides is 2. The molecule has 1 aliphatic heterocycles. The lowest BCUT2D eigenvalue weighted by molar-refractivity contribution is -0.127. The molecule has 150 valence electrons. The van der Waals surface area contributed by atoms with Crippen molar-refractivity contribution in [1.29, 1.82) is 0 Å². The van der Waals surface area contributed by atoms with Gasteiger partial charge in [-0.3, -0.25) is 14.4 Å². The fourth-order valence-corrected chi connectivity index (χ4v) is 3.43. The Morgan fingerprint density at radius 1 is 1.17 bits per heavy atom. The highest BCUT2D eigenvalue weighted by atomic mass is 16.2. The minimum absolute atomic E-state index is 0.163. The third-order valence-corrected chi connectivity index (χ3v) is 4.95. The van der Waals surface area contributed by atoms with Crippen LogP contribution in [0.15, 0.2) is 47.5 Å². The van der Waals surface area contributed by atoms with Crippen LogP contribution in [0.5, 0.6) is 0 Å². The van der Waals surface area contributed by atoms with Gasteiger partial charge in [-0.05, 0) is 18.9 Å². The van der Waals surface area contributed by atoms with Gasteiger partial charge >= 0.3 is 0 Å². The number of benzene rings is 1. The van der Waals surface area contributed by atoms with Gasteiger partial charge < -0.3 is 10.2 Å². The molecule has 0 radical (unpaired) electrons. The van der Waals surface area contributed by atoms with Crippen LogP contribution in [0.1, 0.15) is 19.3 Å². The van der Waals surface area contributed by atoms with Crippen LogP contribution in [-0.4, -0.2) is 55.7 Å². The minimum Gasteiger partial charge on any atom is -0.354 e. The van der Waals surface area contributed by atoms with Crippen LogP contribution in [0.3, 0.4) is 0 Å². The average Bonchev–Trinajstić information content (AvgIpc) is 3.35. The van der Waals surface area contributed by atoms with Gasteiger partial charge in [-0.25, -0.2) is 9.20 Å². The number of nitrogens with zero attached hydrogens (tertiary/aromatic N) is 5. The molecule has 29 heavy (non-hydrogen) atoms. The summed E-state index contributed by atoms with van der Waals surface area (Å²) in [5.41, 5.74) is 1.55. The van der Waals surface area contributed by atoms with Crippen molar-refractivity contribution >= 4 is 17.3 Å². The fraction of sp³-hybridized carbons (Fsp3) is 0.350. The Morgan fingerprint density at radius 3 is 2.76 bits per heavy atom. The van der Waals surface area contributed by atoms with Crippen molar-refractivity contribution in [2.75, 3.05) is 19.6 Å². The summed E-state index contributed by atoms with van der Waals surface area (Å²) in [4.78, 5) is 38.2. The SMILES string of the molecule is O=C(Cn1ncn2nc(-c3ccccc3)cc2c1=O)NCCCN1CCCC1=O. The first-order valence-electron chi connectivity index (χ1n) is 9.67. The van der Waals surface area contributed by atoms with Crippen molar-refractivity contribution in [2.24, 2.45) is 0 Å². The van der Waals surface area contributed by atoms with Crippen LogP contribution < -0.4 is 10.9 Å². The van der Waals surface area contributed by atoms with E-state index in [-0.39, 0.29) is 23.9 Å². The van der Waals surface area contributed by atoms with Gasteiger partial charge in [0.05, 0.1) is 5.69 Å². The Bertz CT molecular complexity index is 1090. The lowest BCUT2D eigenvalue weighted by Gasteiger charge is -2.15. The maximum atomic E-state index is 12.7. The van der Waals surface area contributed by atoms with Gasteiger partial charge in [-0.1, -0.05) is 30.3 Å². The van der Waals surface area contributed by atoms with Crippen molar-refractivity contribution in [3.05, 3.63) is 53.1 Å². The lowest BCUT2D eigenvalue weighted by atomic mass is 10.1. The van der Waals surface area contributed by atoms with Crippen LogP contribution in [-0.2, 0) is 16.1 Å². The molecule has 4 rings (SSSR count). The molecule has 3 heterocycles. The highest BCUT2D eigenvalue weighted by molar-refractivity contribution is 5.78. The van der Waals surface area contributed by atoms with E-state index in [1.807, 2.05) is 35.2 Å². The van der Waals surface area contributed by atoms with E-state index in [1.54, 1.807) is 6.07 Å². The van der Waals surface area contributed by atoms with E-state index in [0.717, 1.165) is 23.2 Å². The number of hydrogen-bond donors (Lipinski definition) is 1. The third-order valence-electron chi connectivity index (χ3n) is 4.95. The summed E-state index contributed by atoms with van der Waals surface area (Å²) in [7, 11) is 0. The Balaban J connectivity index is 1.37. The second kappa shape index (κ2) is 8.26. The Labute approximate surface area is 166 Å². The van der Waals surface area contributed by atoms with Gasteiger partial charge in [0, 0.05) is 31.6 Å². The molecule has 0 unspecified atom stereocenters. The average molecular weight is 394 g/mol. The summed E-state index contributed by atoms with van der Waals surface area (Å²) < 4.78 is 2.55. The second-order valence-electron chi connectivity index (χ2n) is 7.01. The number of aromatic nitrogens is 4. The largest absolute Gasteiger partial charge is 0.354 e. The van der Waals surface area contributed by atoms with Crippen LogP contribution in [0.2, 0.25) is 0 Å². The first kappa shape index (κ1) is 18.9. The molecular formula is C20H22N6O3. The quantitative estimate of drug-likeness (QED) is 0.594. The molecule has 1 aromatic carbocycles. The number of hydrogen-bond acceptors (Lipinski definition) is 5. The molecule has 0 atom stereocenters. The van der Waals surface area contributed by atoms with E-state index in [1.165, 1.54) is 10.8 Å². The number of carbonyl (C=O) groups is 2. The summed E-state index contributed by atoms with van der Waals surface area (Å²) >= 11 is 0. The van der Waals surface area contributed by atoms with Crippen LogP contribution in [0.25, 0.3) is 16.8 Å². The number of likely N-dealkylation sites (tertiary alicyclic amines) is 1. The maximum Gasteiger partial charge on any atom is 0.293 e. The number of fused-ring (bicyclic) bond motifs is 1. The van der Waals surface area contributed by atoms with E-state index >= 15 is 0 Å². The van der Waals surface area contributed by atoms with Gasteiger partial charge in [-0.2, -0.15) is 10.2 Å². The lowest BCUT2D eigenvalue weighted by Crippen LogP contribution is -2.36. The van der Waals surface area contributed by atoms with E-state index in [9.17, 15) is 14.4 Å². The molecule has 9 heteroatoms. The van der Waals surface area contributed by atoms with Crippen molar-refractivity contribution in [3.8, 4) is 11.3 Å². The number of rotatable bonds is 7. The summed E-state index contributed by atoms with van der Waals surface area (Å²) in [6, 6.07) is 11.2. The Kier molecular flexibility index (Phi) is 5.37. The zero-order chi connectivity index (χ0) is 20.2. The van der Waals surface area contributed by atoms with Crippen molar-refractivity contribution in [1.82, 2.24) is 29.6 Å². The summed E-state index contributed by atoms with van der Waals surface area (Å²) in [5.74, 6) is -0.115. The van der Waals surface area contributed by atoms with E-state index in [4.69, 9.17) is 0 Å². The highest BCUT2D eigenvalue weighted by Crippen LogP contribution is 2.17. The van der Waals surface area contributed by atoms with Gasteiger partial charge in [0.2, 0.25) is 11.8 Å². The summed E-state index contributed by atoms with van der Waals surface area (Å²) in [6.07, 6.45) is 3.63. The predicted octanol–water partition coefficient (Wildman–Crippen LogP) is 0.687.